The summed E-state index contributed by atoms with van der Waals surface area (Å²) in [7, 11) is 0. The highest BCUT2D eigenvalue weighted by Crippen LogP contribution is 2.16. The third kappa shape index (κ3) is 6.30. The molecule has 0 saturated carbocycles. The predicted octanol–water partition coefficient (Wildman–Crippen LogP) is 3.18. The van der Waals surface area contributed by atoms with Crippen LogP contribution in [0.25, 0.3) is 0 Å². The van der Waals surface area contributed by atoms with E-state index in [2.05, 4.69) is 0 Å². The number of amides is 1. The fourth-order valence-electron chi connectivity index (χ4n) is 1.75. The van der Waals surface area contributed by atoms with Gasteiger partial charge in [-0.2, -0.15) is 11.8 Å². The van der Waals surface area contributed by atoms with E-state index in [0.717, 1.165) is 24.0 Å². The van der Waals surface area contributed by atoms with Crippen LogP contribution >= 0.6 is 23.4 Å². The number of rotatable bonds is 9. The molecule has 0 atom stereocenters. The topological polar surface area (TPSA) is 57.6 Å². The number of halogens is 1. The molecule has 1 aromatic rings. The van der Waals surface area contributed by atoms with Crippen LogP contribution in [-0.4, -0.2) is 47.0 Å². The van der Waals surface area contributed by atoms with Crippen molar-refractivity contribution in [2.24, 2.45) is 0 Å². The van der Waals surface area contributed by atoms with E-state index in [1.807, 2.05) is 18.2 Å². The quantitative estimate of drug-likeness (QED) is 0.561. The van der Waals surface area contributed by atoms with Crippen LogP contribution in [0, 0.1) is 0 Å². The average molecular weight is 316 g/mol. The van der Waals surface area contributed by atoms with Gasteiger partial charge in [-0.1, -0.05) is 29.8 Å². The Morgan fingerprint density at radius 3 is 2.75 bits per heavy atom. The molecule has 0 saturated heterocycles. The number of carboxylic acid groups (broad SMARTS) is 1. The largest absolute Gasteiger partial charge is 0.465 e. The molecule has 1 amide bonds. The Bertz CT molecular complexity index is 442. The summed E-state index contributed by atoms with van der Waals surface area (Å²) in [4.78, 5) is 22.7. The normalized spacial score (nSPS) is 10.2. The fourth-order valence-corrected chi connectivity index (χ4v) is 2.57. The van der Waals surface area contributed by atoms with Gasteiger partial charge in [-0.05, 0) is 30.2 Å². The average Bonchev–Trinajstić information content (AvgIpc) is 2.43. The minimum absolute atomic E-state index is 0.428. The van der Waals surface area contributed by atoms with E-state index in [-0.39, 0.29) is 0 Å². The molecular weight excluding hydrogens is 298 g/mol. The number of carbonyl (C=O) groups excluding carboxylic acids is 1. The molecule has 6 heteroatoms. The first kappa shape index (κ1) is 16.9. The van der Waals surface area contributed by atoms with Gasteiger partial charge >= 0.3 is 6.09 Å². The Hall–Kier alpha value is -1.20. The van der Waals surface area contributed by atoms with Gasteiger partial charge in [-0.25, -0.2) is 4.79 Å². The Balaban J connectivity index is 2.37. The molecule has 20 heavy (non-hydrogen) atoms. The molecule has 0 heterocycles. The number of aldehydes is 1. The molecule has 110 valence electrons. The molecule has 0 aliphatic carbocycles. The van der Waals surface area contributed by atoms with Crippen molar-refractivity contribution in [2.45, 2.75) is 12.8 Å². The highest BCUT2D eigenvalue weighted by atomic mass is 35.5. The van der Waals surface area contributed by atoms with Gasteiger partial charge in [-0.15, -0.1) is 0 Å². The van der Waals surface area contributed by atoms with Crippen molar-refractivity contribution in [3.8, 4) is 0 Å². The standard InChI is InChI=1S/C14H18ClNO3S/c15-13-5-2-1-4-12(13)6-8-16(14(18)19)7-3-10-20-11-9-17/h1-2,4-5,9H,3,6-8,10-11H2,(H,18,19). The summed E-state index contributed by atoms with van der Waals surface area (Å²) in [5.41, 5.74) is 0.954. The van der Waals surface area contributed by atoms with Gasteiger partial charge in [0.15, 0.2) is 0 Å². The first-order valence-corrected chi connectivity index (χ1v) is 7.91. The number of benzene rings is 1. The van der Waals surface area contributed by atoms with Gasteiger partial charge in [-0.3, -0.25) is 0 Å². The van der Waals surface area contributed by atoms with Crippen molar-refractivity contribution in [1.29, 1.82) is 0 Å². The first-order valence-electron chi connectivity index (χ1n) is 6.37. The van der Waals surface area contributed by atoms with Crippen LogP contribution in [-0.2, 0) is 11.2 Å². The number of carbonyl (C=O) groups is 2. The number of hydrogen-bond donors (Lipinski definition) is 1. The lowest BCUT2D eigenvalue weighted by Gasteiger charge is -2.19. The van der Waals surface area contributed by atoms with Crippen LogP contribution in [0.2, 0.25) is 5.02 Å². The molecule has 0 unspecified atom stereocenters. The second-order valence-corrected chi connectivity index (χ2v) is 5.76. The Kier molecular flexibility index (Phi) is 8.14. The maximum Gasteiger partial charge on any atom is 0.407 e. The van der Waals surface area contributed by atoms with Crippen molar-refractivity contribution >= 4 is 35.7 Å². The van der Waals surface area contributed by atoms with E-state index < -0.39 is 6.09 Å². The molecule has 1 rings (SSSR count). The summed E-state index contributed by atoms with van der Waals surface area (Å²) in [5.74, 6) is 1.25. The number of thioether (sulfide) groups is 1. The maximum absolute atomic E-state index is 11.2. The first-order chi connectivity index (χ1) is 9.65. The summed E-state index contributed by atoms with van der Waals surface area (Å²) in [6.07, 6.45) is 1.29. The van der Waals surface area contributed by atoms with Gasteiger partial charge in [0.2, 0.25) is 0 Å². The van der Waals surface area contributed by atoms with Crippen molar-refractivity contribution in [1.82, 2.24) is 4.90 Å². The monoisotopic (exact) mass is 315 g/mol. The minimum atomic E-state index is -0.919. The molecule has 0 bridgehead atoms. The third-order valence-corrected chi connectivity index (χ3v) is 4.10. The lowest BCUT2D eigenvalue weighted by molar-refractivity contribution is -0.105. The highest BCUT2D eigenvalue weighted by Gasteiger charge is 2.11. The second kappa shape index (κ2) is 9.66. The molecule has 1 aromatic carbocycles. The van der Waals surface area contributed by atoms with Crippen LogP contribution in [0.3, 0.4) is 0 Å². The Labute approximate surface area is 128 Å². The number of nitrogens with zero attached hydrogens (tertiary/aromatic N) is 1. The van der Waals surface area contributed by atoms with Gasteiger partial charge in [0, 0.05) is 23.9 Å². The molecule has 0 aliphatic rings. The lowest BCUT2D eigenvalue weighted by Crippen LogP contribution is -2.32. The van der Waals surface area contributed by atoms with E-state index in [9.17, 15) is 9.59 Å². The summed E-state index contributed by atoms with van der Waals surface area (Å²) in [6, 6.07) is 7.45. The molecule has 4 nitrogen and oxygen atoms in total. The van der Waals surface area contributed by atoms with Crippen molar-refractivity contribution in [3.63, 3.8) is 0 Å². The number of hydrogen-bond acceptors (Lipinski definition) is 3. The Morgan fingerprint density at radius 2 is 2.10 bits per heavy atom. The van der Waals surface area contributed by atoms with E-state index in [4.69, 9.17) is 16.7 Å². The van der Waals surface area contributed by atoms with E-state index in [1.165, 1.54) is 16.7 Å². The van der Waals surface area contributed by atoms with Crippen LogP contribution in [0.4, 0.5) is 4.79 Å². The molecule has 0 aliphatic heterocycles. The van der Waals surface area contributed by atoms with Crippen LogP contribution < -0.4 is 0 Å². The zero-order valence-electron chi connectivity index (χ0n) is 11.1. The van der Waals surface area contributed by atoms with Crippen molar-refractivity contribution < 1.29 is 14.7 Å². The minimum Gasteiger partial charge on any atom is -0.465 e. The third-order valence-electron chi connectivity index (χ3n) is 2.78. The molecule has 0 aromatic heterocycles. The van der Waals surface area contributed by atoms with Gasteiger partial charge in [0.25, 0.3) is 0 Å². The smallest absolute Gasteiger partial charge is 0.407 e. The summed E-state index contributed by atoms with van der Waals surface area (Å²) in [6.45, 7) is 0.906. The molecule has 0 radical (unpaired) electrons. The van der Waals surface area contributed by atoms with E-state index in [0.29, 0.717) is 30.3 Å². The summed E-state index contributed by atoms with van der Waals surface area (Å²) < 4.78 is 0. The van der Waals surface area contributed by atoms with Crippen molar-refractivity contribution in [2.75, 3.05) is 24.6 Å². The van der Waals surface area contributed by atoms with Gasteiger partial charge in [0.1, 0.15) is 6.29 Å². The summed E-state index contributed by atoms with van der Waals surface area (Å²) in [5, 5.41) is 9.82. The highest BCUT2D eigenvalue weighted by molar-refractivity contribution is 7.99. The van der Waals surface area contributed by atoms with Crippen LogP contribution in [0.1, 0.15) is 12.0 Å². The lowest BCUT2D eigenvalue weighted by atomic mass is 10.1. The van der Waals surface area contributed by atoms with Gasteiger partial charge in [0.05, 0.1) is 0 Å². The zero-order valence-corrected chi connectivity index (χ0v) is 12.7. The maximum atomic E-state index is 11.2. The van der Waals surface area contributed by atoms with E-state index in [1.54, 1.807) is 6.07 Å². The SMILES string of the molecule is O=CCSCCCN(CCc1ccccc1Cl)C(=O)O. The van der Waals surface area contributed by atoms with Crippen LogP contribution in [0.15, 0.2) is 24.3 Å². The zero-order chi connectivity index (χ0) is 14.8. The van der Waals surface area contributed by atoms with Crippen LogP contribution in [0.5, 0.6) is 0 Å². The molecule has 0 spiro atoms. The molecule has 0 fully saturated rings. The second-order valence-electron chi connectivity index (χ2n) is 4.21. The van der Waals surface area contributed by atoms with Gasteiger partial charge < -0.3 is 14.8 Å². The summed E-state index contributed by atoms with van der Waals surface area (Å²) >= 11 is 7.56. The predicted molar refractivity (Wildman–Crippen MR) is 82.8 cm³/mol. The Morgan fingerprint density at radius 1 is 1.35 bits per heavy atom. The molecular formula is C14H18ClNO3S. The van der Waals surface area contributed by atoms with Crippen molar-refractivity contribution in [3.05, 3.63) is 34.9 Å². The fraction of sp³-hybridized carbons (Fsp3) is 0.429. The molecule has 1 N–H and O–H groups in total. The van der Waals surface area contributed by atoms with E-state index >= 15 is 0 Å².